The Bertz CT molecular complexity index is 1450. The van der Waals surface area contributed by atoms with Gasteiger partial charge >= 0.3 is 5.97 Å². The normalized spacial score (nSPS) is 16.5. The van der Waals surface area contributed by atoms with Crippen molar-refractivity contribution in [1.82, 2.24) is 9.29 Å². The van der Waals surface area contributed by atoms with Crippen LogP contribution in [-0.2, 0) is 26.0 Å². The molecule has 2 heterocycles. The minimum Gasteiger partial charge on any atom is -0.493 e. The number of aldehydes is 1. The lowest BCUT2D eigenvalue weighted by Gasteiger charge is -2.26. The monoisotopic (exact) mass is 592 g/mol. The molecule has 9 nitrogen and oxygen atoms in total. The van der Waals surface area contributed by atoms with E-state index in [1.54, 1.807) is 18.2 Å². The van der Waals surface area contributed by atoms with Gasteiger partial charge in [-0.1, -0.05) is 41.4 Å². The lowest BCUT2D eigenvalue weighted by Crippen LogP contribution is -2.41. The van der Waals surface area contributed by atoms with Gasteiger partial charge in [-0.2, -0.15) is 4.31 Å². The van der Waals surface area contributed by atoms with Crippen LogP contribution >= 0.6 is 23.2 Å². The zero-order chi connectivity index (χ0) is 28.2. The number of aromatic nitrogens is 1. The molecule has 4 rings (SSSR count). The molecular formula is C27H26Cl2N2O7S. The van der Waals surface area contributed by atoms with Crippen LogP contribution in [0.5, 0.6) is 11.5 Å². The fourth-order valence-corrected chi connectivity index (χ4v) is 6.60. The summed E-state index contributed by atoms with van der Waals surface area (Å²) in [5.74, 6) is 0.202. The first-order valence-corrected chi connectivity index (χ1v) is 14.2. The number of carbonyl (C=O) groups is 2. The highest BCUT2D eigenvalue weighted by atomic mass is 35.5. The Morgan fingerprint density at radius 1 is 1.08 bits per heavy atom. The molecule has 1 aliphatic heterocycles. The molecule has 0 aliphatic carbocycles. The Balaban J connectivity index is 1.65. The van der Waals surface area contributed by atoms with E-state index in [4.69, 9.17) is 37.4 Å². The molecule has 0 unspecified atom stereocenters. The maximum Gasteiger partial charge on any atom is 0.325 e. The number of halogens is 2. The van der Waals surface area contributed by atoms with Crippen LogP contribution in [0.25, 0.3) is 0 Å². The minimum absolute atomic E-state index is 0.0143. The standard InChI is InChI=1S/C27H26Cl2N2O7S/c1-36-24-10-7-18(12-26(24)37-2)25(13-20-21(28)14-30-15-22(20)29)38-27(33)23-4-3-11-31(23)39(34,35)19-8-5-17(16-32)6-9-19/h5-10,12,14-16,23,25H,3-4,11,13H2,1-2H3/t23-,25-/m0/s1. The lowest BCUT2D eigenvalue weighted by atomic mass is 10.0. The third kappa shape index (κ3) is 6.19. The summed E-state index contributed by atoms with van der Waals surface area (Å²) in [4.78, 5) is 28.5. The second-order valence-electron chi connectivity index (χ2n) is 8.79. The maximum absolute atomic E-state index is 13.5. The van der Waals surface area contributed by atoms with Crippen LogP contribution < -0.4 is 9.47 Å². The van der Waals surface area contributed by atoms with Gasteiger partial charge in [-0.25, -0.2) is 8.42 Å². The van der Waals surface area contributed by atoms with Gasteiger partial charge in [0, 0.05) is 30.9 Å². The summed E-state index contributed by atoms with van der Waals surface area (Å²) in [5.41, 5.74) is 1.44. The van der Waals surface area contributed by atoms with Crippen molar-refractivity contribution in [3.8, 4) is 11.5 Å². The average Bonchev–Trinajstić information content (AvgIpc) is 3.45. The Morgan fingerprint density at radius 3 is 2.36 bits per heavy atom. The van der Waals surface area contributed by atoms with Crippen LogP contribution in [0, 0.1) is 0 Å². The van der Waals surface area contributed by atoms with E-state index in [-0.39, 0.29) is 17.9 Å². The van der Waals surface area contributed by atoms with Gasteiger partial charge in [0.05, 0.1) is 29.2 Å². The second kappa shape index (κ2) is 12.3. The van der Waals surface area contributed by atoms with Crippen LogP contribution in [0.3, 0.4) is 0 Å². The molecule has 3 aromatic rings. The third-order valence-electron chi connectivity index (χ3n) is 6.48. The fraction of sp³-hybridized carbons (Fsp3) is 0.296. The molecule has 0 spiro atoms. The number of hydrogen-bond donors (Lipinski definition) is 0. The molecule has 1 aliphatic rings. The Kier molecular flexibility index (Phi) is 9.12. The molecule has 206 valence electrons. The van der Waals surface area contributed by atoms with Gasteiger partial charge in [0.2, 0.25) is 10.0 Å². The Morgan fingerprint density at radius 2 is 1.74 bits per heavy atom. The predicted octanol–water partition coefficient (Wildman–Crippen LogP) is 4.90. The topological polar surface area (TPSA) is 112 Å². The van der Waals surface area contributed by atoms with Crippen molar-refractivity contribution in [2.75, 3.05) is 20.8 Å². The Hall–Kier alpha value is -3.18. The molecule has 0 radical (unpaired) electrons. The Labute approximate surface area is 236 Å². The summed E-state index contributed by atoms with van der Waals surface area (Å²) in [5, 5.41) is 0.598. The SMILES string of the molecule is COc1ccc([C@H](Cc2c(Cl)cncc2Cl)OC(=O)[C@@H]2CCCN2S(=O)(=O)c2ccc(C=O)cc2)cc1OC. The molecule has 1 fully saturated rings. The highest BCUT2D eigenvalue weighted by Gasteiger charge is 2.41. The van der Waals surface area contributed by atoms with Gasteiger partial charge in [-0.15, -0.1) is 0 Å². The fourth-order valence-electron chi connectivity index (χ4n) is 4.44. The van der Waals surface area contributed by atoms with Crippen LogP contribution in [0.4, 0.5) is 0 Å². The van der Waals surface area contributed by atoms with E-state index in [1.807, 2.05) is 0 Å². The molecule has 1 aromatic heterocycles. The van der Waals surface area contributed by atoms with Crippen molar-refractivity contribution in [2.45, 2.75) is 36.3 Å². The quantitative estimate of drug-likeness (QED) is 0.241. The van der Waals surface area contributed by atoms with Gasteiger partial charge < -0.3 is 14.2 Å². The summed E-state index contributed by atoms with van der Waals surface area (Å²) in [6, 6.07) is 9.57. The number of esters is 1. The molecular weight excluding hydrogens is 567 g/mol. The van der Waals surface area contributed by atoms with Crippen molar-refractivity contribution >= 4 is 45.5 Å². The van der Waals surface area contributed by atoms with Gasteiger partial charge in [0.15, 0.2) is 11.5 Å². The van der Waals surface area contributed by atoms with E-state index in [0.717, 1.165) is 4.31 Å². The first-order chi connectivity index (χ1) is 18.7. The molecule has 0 saturated carbocycles. The molecule has 0 N–H and O–H groups in total. The summed E-state index contributed by atoms with van der Waals surface area (Å²) < 4.78 is 44.7. The number of pyridine rings is 1. The summed E-state index contributed by atoms with van der Waals surface area (Å²) in [6.45, 7) is 0.153. The number of sulfonamides is 1. The summed E-state index contributed by atoms with van der Waals surface area (Å²) in [7, 11) is -1.03. The number of ether oxygens (including phenoxy) is 3. The van der Waals surface area contributed by atoms with Gasteiger partial charge in [0.25, 0.3) is 0 Å². The number of hydrogen-bond acceptors (Lipinski definition) is 8. The summed E-state index contributed by atoms with van der Waals surface area (Å²) in [6.07, 6.45) is 3.51. The van der Waals surface area contributed by atoms with Crippen molar-refractivity contribution in [2.24, 2.45) is 0 Å². The van der Waals surface area contributed by atoms with Crippen LogP contribution in [0.2, 0.25) is 10.0 Å². The van der Waals surface area contributed by atoms with E-state index in [1.165, 1.54) is 50.9 Å². The average molecular weight is 593 g/mol. The first kappa shape index (κ1) is 28.8. The van der Waals surface area contributed by atoms with Gasteiger partial charge in [-0.05, 0) is 48.2 Å². The zero-order valence-corrected chi connectivity index (χ0v) is 23.5. The predicted molar refractivity (Wildman–Crippen MR) is 145 cm³/mol. The number of rotatable bonds is 10. The van der Waals surface area contributed by atoms with E-state index < -0.39 is 28.1 Å². The van der Waals surface area contributed by atoms with Crippen molar-refractivity contribution in [1.29, 1.82) is 0 Å². The van der Waals surface area contributed by atoms with E-state index in [9.17, 15) is 18.0 Å². The van der Waals surface area contributed by atoms with Crippen LogP contribution in [0.15, 0.2) is 59.8 Å². The number of nitrogens with zero attached hydrogens (tertiary/aromatic N) is 2. The molecule has 2 atom stereocenters. The number of benzene rings is 2. The zero-order valence-electron chi connectivity index (χ0n) is 21.2. The van der Waals surface area contributed by atoms with Crippen LogP contribution in [0.1, 0.15) is 40.4 Å². The molecule has 0 amide bonds. The van der Waals surface area contributed by atoms with Crippen molar-refractivity contribution in [3.05, 3.63) is 81.6 Å². The van der Waals surface area contributed by atoms with Crippen LogP contribution in [-0.4, -0.2) is 56.8 Å². The van der Waals surface area contributed by atoms with Crippen molar-refractivity contribution < 1.29 is 32.2 Å². The molecule has 0 bridgehead atoms. The smallest absolute Gasteiger partial charge is 0.325 e. The van der Waals surface area contributed by atoms with E-state index in [0.29, 0.717) is 57.4 Å². The minimum atomic E-state index is -4.02. The summed E-state index contributed by atoms with van der Waals surface area (Å²) >= 11 is 12.7. The largest absolute Gasteiger partial charge is 0.493 e. The second-order valence-corrected chi connectivity index (χ2v) is 11.5. The highest BCUT2D eigenvalue weighted by molar-refractivity contribution is 7.89. The lowest BCUT2D eigenvalue weighted by molar-refractivity contribution is -0.153. The number of carbonyl (C=O) groups excluding carboxylic acids is 2. The maximum atomic E-state index is 13.5. The van der Waals surface area contributed by atoms with E-state index in [2.05, 4.69) is 4.98 Å². The first-order valence-electron chi connectivity index (χ1n) is 12.0. The molecule has 2 aromatic carbocycles. The van der Waals surface area contributed by atoms with Gasteiger partial charge in [-0.3, -0.25) is 14.6 Å². The number of methoxy groups -OCH3 is 2. The molecule has 39 heavy (non-hydrogen) atoms. The molecule has 1 saturated heterocycles. The third-order valence-corrected chi connectivity index (χ3v) is 9.05. The van der Waals surface area contributed by atoms with Crippen molar-refractivity contribution in [3.63, 3.8) is 0 Å². The highest BCUT2D eigenvalue weighted by Crippen LogP contribution is 2.36. The van der Waals surface area contributed by atoms with Gasteiger partial charge in [0.1, 0.15) is 18.4 Å². The van der Waals surface area contributed by atoms with E-state index >= 15 is 0 Å². The molecule has 12 heteroatoms.